The monoisotopic (exact) mass is 254 g/mol. The van der Waals surface area contributed by atoms with E-state index < -0.39 is 0 Å². The fraction of sp³-hybridized carbons (Fsp3) is 0.143. The van der Waals surface area contributed by atoms with E-state index in [4.69, 9.17) is 15.7 Å². The molecule has 0 atom stereocenters. The number of nitrogen functional groups attached to an aromatic ring is 1. The van der Waals surface area contributed by atoms with Gasteiger partial charge in [0.2, 0.25) is 5.88 Å². The van der Waals surface area contributed by atoms with E-state index in [0.29, 0.717) is 17.1 Å². The van der Waals surface area contributed by atoms with Gasteiger partial charge in [-0.2, -0.15) is 10.2 Å². The number of nitriles is 1. The average molecular weight is 254 g/mol. The van der Waals surface area contributed by atoms with Crippen LogP contribution in [-0.4, -0.2) is 19.1 Å². The lowest BCUT2D eigenvalue weighted by atomic mass is 10.2. The fourth-order valence-corrected chi connectivity index (χ4v) is 1.68. The number of nitrogens with two attached hydrogens (primary N) is 1. The Morgan fingerprint density at radius 3 is 2.47 bits per heavy atom. The van der Waals surface area contributed by atoms with Gasteiger partial charge in [0.1, 0.15) is 5.82 Å². The minimum atomic E-state index is 0.401. The SMILES string of the molecule is COc1nc(N(C)c2ccc(C#N)cc2)ccc1N. The van der Waals surface area contributed by atoms with Gasteiger partial charge < -0.3 is 15.4 Å². The summed E-state index contributed by atoms with van der Waals surface area (Å²) in [7, 11) is 3.42. The Morgan fingerprint density at radius 2 is 1.89 bits per heavy atom. The van der Waals surface area contributed by atoms with E-state index in [-0.39, 0.29) is 0 Å². The van der Waals surface area contributed by atoms with Crippen LogP contribution in [0.2, 0.25) is 0 Å². The summed E-state index contributed by atoms with van der Waals surface area (Å²) in [6.07, 6.45) is 0. The van der Waals surface area contributed by atoms with Crippen molar-refractivity contribution in [1.82, 2.24) is 4.98 Å². The van der Waals surface area contributed by atoms with Crippen LogP contribution in [0.25, 0.3) is 0 Å². The number of hydrogen-bond donors (Lipinski definition) is 1. The molecule has 0 aliphatic carbocycles. The summed E-state index contributed by atoms with van der Waals surface area (Å²) in [6.45, 7) is 0. The lowest BCUT2D eigenvalue weighted by Gasteiger charge is -2.19. The Hall–Kier alpha value is -2.74. The molecule has 1 aromatic carbocycles. The van der Waals surface area contributed by atoms with Crippen molar-refractivity contribution in [2.45, 2.75) is 0 Å². The van der Waals surface area contributed by atoms with E-state index in [0.717, 1.165) is 11.5 Å². The van der Waals surface area contributed by atoms with E-state index in [9.17, 15) is 0 Å². The van der Waals surface area contributed by atoms with Crippen LogP contribution in [0.4, 0.5) is 17.2 Å². The van der Waals surface area contributed by atoms with Crippen molar-refractivity contribution in [3.8, 4) is 11.9 Å². The molecule has 0 unspecified atom stereocenters. The third-order valence-corrected chi connectivity index (χ3v) is 2.80. The summed E-state index contributed by atoms with van der Waals surface area (Å²) >= 11 is 0. The molecule has 0 bridgehead atoms. The van der Waals surface area contributed by atoms with Gasteiger partial charge in [-0.05, 0) is 36.4 Å². The molecular formula is C14H14N4O. The van der Waals surface area contributed by atoms with Crippen molar-refractivity contribution in [3.05, 3.63) is 42.0 Å². The van der Waals surface area contributed by atoms with Crippen LogP contribution in [0, 0.1) is 11.3 Å². The van der Waals surface area contributed by atoms with Gasteiger partial charge in [-0.1, -0.05) is 0 Å². The highest BCUT2D eigenvalue weighted by atomic mass is 16.5. The highest BCUT2D eigenvalue weighted by Crippen LogP contribution is 2.26. The third-order valence-electron chi connectivity index (χ3n) is 2.80. The molecule has 0 radical (unpaired) electrons. The summed E-state index contributed by atoms with van der Waals surface area (Å²) in [6, 6.07) is 12.9. The summed E-state index contributed by atoms with van der Waals surface area (Å²) in [5.74, 6) is 1.12. The van der Waals surface area contributed by atoms with Crippen molar-refractivity contribution in [3.63, 3.8) is 0 Å². The van der Waals surface area contributed by atoms with Crippen LogP contribution >= 0.6 is 0 Å². The first-order valence-corrected chi connectivity index (χ1v) is 5.70. The average Bonchev–Trinajstić information content (AvgIpc) is 2.47. The molecule has 0 saturated carbocycles. The lowest BCUT2D eigenvalue weighted by molar-refractivity contribution is 0.400. The standard InChI is InChI=1S/C14H14N4O/c1-18(11-5-3-10(9-15)4-6-11)13-8-7-12(16)14(17-13)19-2/h3-8H,16H2,1-2H3. The smallest absolute Gasteiger partial charge is 0.238 e. The molecule has 5 heteroatoms. The van der Waals surface area contributed by atoms with Crippen LogP contribution in [0.1, 0.15) is 5.56 Å². The van der Waals surface area contributed by atoms with Gasteiger partial charge in [0.05, 0.1) is 24.4 Å². The van der Waals surface area contributed by atoms with E-state index in [1.54, 1.807) is 18.2 Å². The molecule has 0 fully saturated rings. The van der Waals surface area contributed by atoms with Crippen molar-refractivity contribution >= 4 is 17.2 Å². The number of rotatable bonds is 3. The zero-order chi connectivity index (χ0) is 13.8. The quantitative estimate of drug-likeness (QED) is 0.909. The Morgan fingerprint density at radius 1 is 1.21 bits per heavy atom. The first-order chi connectivity index (χ1) is 9.15. The molecule has 1 heterocycles. The Balaban J connectivity index is 2.32. The second-order valence-corrected chi connectivity index (χ2v) is 3.99. The minimum Gasteiger partial charge on any atom is -0.479 e. The van der Waals surface area contributed by atoms with Crippen LogP contribution in [-0.2, 0) is 0 Å². The highest BCUT2D eigenvalue weighted by Gasteiger charge is 2.08. The van der Waals surface area contributed by atoms with Gasteiger partial charge >= 0.3 is 0 Å². The van der Waals surface area contributed by atoms with Gasteiger partial charge in [-0.3, -0.25) is 0 Å². The van der Waals surface area contributed by atoms with Crippen molar-refractivity contribution < 1.29 is 4.74 Å². The number of anilines is 3. The molecule has 0 spiro atoms. The number of methoxy groups -OCH3 is 1. The van der Waals surface area contributed by atoms with Gasteiger partial charge in [0.25, 0.3) is 0 Å². The maximum atomic E-state index is 8.78. The van der Waals surface area contributed by atoms with Crippen molar-refractivity contribution in [2.75, 3.05) is 24.8 Å². The van der Waals surface area contributed by atoms with Gasteiger partial charge in [-0.15, -0.1) is 0 Å². The Kier molecular flexibility index (Phi) is 3.53. The second-order valence-electron chi connectivity index (χ2n) is 3.99. The number of nitrogens with zero attached hydrogens (tertiary/aromatic N) is 3. The maximum absolute atomic E-state index is 8.78. The molecular weight excluding hydrogens is 240 g/mol. The van der Waals surface area contributed by atoms with Gasteiger partial charge in [0.15, 0.2) is 0 Å². The molecule has 2 rings (SSSR count). The maximum Gasteiger partial charge on any atom is 0.238 e. The molecule has 5 nitrogen and oxygen atoms in total. The van der Waals surface area contributed by atoms with E-state index in [2.05, 4.69) is 11.1 Å². The van der Waals surface area contributed by atoms with Gasteiger partial charge in [-0.25, -0.2) is 0 Å². The third kappa shape index (κ3) is 2.58. The van der Waals surface area contributed by atoms with Crippen LogP contribution in [0.5, 0.6) is 5.88 Å². The van der Waals surface area contributed by atoms with Crippen molar-refractivity contribution in [1.29, 1.82) is 5.26 Å². The molecule has 0 aliphatic heterocycles. The largest absolute Gasteiger partial charge is 0.479 e. The molecule has 0 amide bonds. The minimum absolute atomic E-state index is 0.401. The Bertz CT molecular complexity index is 616. The molecule has 0 aliphatic rings. The Labute approximate surface area is 111 Å². The molecule has 96 valence electrons. The van der Waals surface area contributed by atoms with Crippen molar-refractivity contribution in [2.24, 2.45) is 0 Å². The zero-order valence-corrected chi connectivity index (χ0v) is 10.8. The first-order valence-electron chi connectivity index (χ1n) is 5.70. The number of benzene rings is 1. The molecule has 2 aromatic rings. The highest BCUT2D eigenvalue weighted by molar-refractivity contribution is 5.63. The summed E-state index contributed by atoms with van der Waals surface area (Å²) < 4.78 is 5.10. The topological polar surface area (TPSA) is 75.2 Å². The lowest BCUT2D eigenvalue weighted by Crippen LogP contribution is -2.12. The normalized spacial score (nSPS) is 9.74. The first kappa shape index (κ1) is 12.7. The summed E-state index contributed by atoms with van der Waals surface area (Å²) in [4.78, 5) is 6.22. The van der Waals surface area contributed by atoms with E-state index in [1.807, 2.05) is 30.1 Å². The van der Waals surface area contributed by atoms with Crippen LogP contribution in [0.15, 0.2) is 36.4 Å². The fourth-order valence-electron chi connectivity index (χ4n) is 1.68. The van der Waals surface area contributed by atoms with E-state index >= 15 is 0 Å². The number of ether oxygens (including phenoxy) is 1. The summed E-state index contributed by atoms with van der Waals surface area (Å²) in [5.41, 5.74) is 7.79. The predicted octanol–water partition coefficient (Wildman–Crippen LogP) is 2.31. The summed E-state index contributed by atoms with van der Waals surface area (Å²) in [5, 5.41) is 8.78. The number of aromatic nitrogens is 1. The molecule has 1 aromatic heterocycles. The van der Waals surface area contributed by atoms with Crippen LogP contribution < -0.4 is 15.4 Å². The predicted molar refractivity (Wildman–Crippen MR) is 74.4 cm³/mol. The number of pyridine rings is 1. The second kappa shape index (κ2) is 5.27. The number of hydrogen-bond acceptors (Lipinski definition) is 5. The van der Waals surface area contributed by atoms with E-state index in [1.165, 1.54) is 7.11 Å². The van der Waals surface area contributed by atoms with Gasteiger partial charge in [0, 0.05) is 12.7 Å². The molecule has 2 N–H and O–H groups in total. The molecule has 0 saturated heterocycles. The zero-order valence-electron chi connectivity index (χ0n) is 10.8. The molecule has 19 heavy (non-hydrogen) atoms. The van der Waals surface area contributed by atoms with Crippen LogP contribution in [0.3, 0.4) is 0 Å².